The lowest BCUT2D eigenvalue weighted by molar-refractivity contribution is 0.316. The first-order valence-electron chi connectivity index (χ1n) is 4.67. The largest absolute Gasteiger partial charge is 0.409 e. The molecule has 1 unspecified atom stereocenters. The Morgan fingerprint density at radius 1 is 1.67 bits per heavy atom. The van der Waals surface area contributed by atoms with Crippen LogP contribution in [0.15, 0.2) is 29.4 Å². The molecule has 0 bridgehead atoms. The number of oxime groups is 1. The molecule has 0 radical (unpaired) electrons. The molecule has 0 aromatic heterocycles. The highest BCUT2D eigenvalue weighted by Gasteiger charge is 2.11. The molecule has 1 aromatic rings. The van der Waals surface area contributed by atoms with Crippen LogP contribution in [0.4, 0.5) is 10.1 Å². The van der Waals surface area contributed by atoms with Crippen molar-refractivity contribution in [3.8, 4) is 0 Å². The summed E-state index contributed by atoms with van der Waals surface area (Å²) < 4.78 is 12.9. The lowest BCUT2D eigenvalue weighted by atomic mass is 10.2. The molecule has 0 saturated heterocycles. The maximum absolute atomic E-state index is 12.9. The van der Waals surface area contributed by atoms with Crippen molar-refractivity contribution >= 4 is 11.5 Å². The number of hydrogen-bond acceptors (Lipinski definition) is 3. The molecule has 4 nitrogen and oxygen atoms in total. The number of hydrogen-bond donors (Lipinski definition) is 3. The molecule has 1 aromatic carbocycles. The second-order valence-corrected chi connectivity index (χ2v) is 3.14. The van der Waals surface area contributed by atoms with Gasteiger partial charge in [0, 0.05) is 5.69 Å². The zero-order valence-electron chi connectivity index (χ0n) is 8.44. The summed E-state index contributed by atoms with van der Waals surface area (Å²) >= 11 is 0. The number of anilines is 1. The van der Waals surface area contributed by atoms with E-state index >= 15 is 0 Å². The van der Waals surface area contributed by atoms with Crippen LogP contribution in [0.3, 0.4) is 0 Å². The Kier molecular flexibility index (Phi) is 3.91. The first-order valence-corrected chi connectivity index (χ1v) is 4.67. The normalized spacial score (nSPS) is 13.6. The molecule has 1 atom stereocenters. The summed E-state index contributed by atoms with van der Waals surface area (Å²) in [7, 11) is 0. The molecule has 0 fully saturated rings. The summed E-state index contributed by atoms with van der Waals surface area (Å²) in [6.45, 7) is 1.88. The molecular formula is C10H14FN3O. The van der Waals surface area contributed by atoms with Gasteiger partial charge in [0.2, 0.25) is 0 Å². The Balaban J connectivity index is 2.75. The van der Waals surface area contributed by atoms with Crippen LogP contribution in [0.1, 0.15) is 13.3 Å². The predicted molar refractivity (Wildman–Crippen MR) is 57.5 cm³/mol. The molecule has 0 amide bonds. The van der Waals surface area contributed by atoms with Crippen LogP contribution in [0.5, 0.6) is 0 Å². The monoisotopic (exact) mass is 211 g/mol. The summed E-state index contributed by atoms with van der Waals surface area (Å²) in [6.07, 6.45) is 0.645. The Morgan fingerprint density at radius 3 is 2.93 bits per heavy atom. The topological polar surface area (TPSA) is 70.6 Å². The van der Waals surface area contributed by atoms with Crippen LogP contribution >= 0.6 is 0 Å². The second kappa shape index (κ2) is 5.19. The SMILES string of the molecule is CCC(Nc1cccc(F)c1)C(N)=NO. The van der Waals surface area contributed by atoms with E-state index in [2.05, 4.69) is 10.5 Å². The number of halogens is 1. The van der Waals surface area contributed by atoms with E-state index in [0.717, 1.165) is 0 Å². The van der Waals surface area contributed by atoms with Crippen molar-refractivity contribution in [1.82, 2.24) is 0 Å². The van der Waals surface area contributed by atoms with Crippen LogP contribution in [0.2, 0.25) is 0 Å². The Labute approximate surface area is 87.6 Å². The lowest BCUT2D eigenvalue weighted by Crippen LogP contribution is -2.35. The van der Waals surface area contributed by atoms with Gasteiger partial charge in [0.1, 0.15) is 5.82 Å². The van der Waals surface area contributed by atoms with Gasteiger partial charge >= 0.3 is 0 Å². The average Bonchev–Trinajstić information content (AvgIpc) is 2.25. The van der Waals surface area contributed by atoms with E-state index in [-0.39, 0.29) is 17.7 Å². The molecule has 4 N–H and O–H groups in total. The summed E-state index contributed by atoms with van der Waals surface area (Å²) in [5, 5.41) is 14.4. The zero-order valence-corrected chi connectivity index (χ0v) is 8.44. The summed E-state index contributed by atoms with van der Waals surface area (Å²) in [4.78, 5) is 0. The van der Waals surface area contributed by atoms with Crippen LogP contribution in [-0.4, -0.2) is 17.1 Å². The smallest absolute Gasteiger partial charge is 0.161 e. The highest BCUT2D eigenvalue weighted by molar-refractivity contribution is 5.87. The fourth-order valence-corrected chi connectivity index (χ4v) is 1.23. The third kappa shape index (κ3) is 3.12. The van der Waals surface area contributed by atoms with Crippen molar-refractivity contribution in [1.29, 1.82) is 0 Å². The molecule has 0 heterocycles. The third-order valence-electron chi connectivity index (χ3n) is 2.05. The van der Waals surface area contributed by atoms with E-state index in [1.54, 1.807) is 12.1 Å². The van der Waals surface area contributed by atoms with E-state index in [9.17, 15) is 4.39 Å². The maximum atomic E-state index is 12.9. The van der Waals surface area contributed by atoms with Gasteiger partial charge in [0.25, 0.3) is 0 Å². The number of nitrogens with zero attached hydrogens (tertiary/aromatic N) is 1. The lowest BCUT2D eigenvalue weighted by Gasteiger charge is -2.16. The van der Waals surface area contributed by atoms with E-state index in [1.165, 1.54) is 12.1 Å². The Morgan fingerprint density at radius 2 is 2.40 bits per heavy atom. The van der Waals surface area contributed by atoms with Gasteiger partial charge in [-0.15, -0.1) is 0 Å². The van der Waals surface area contributed by atoms with E-state index in [1.807, 2.05) is 6.92 Å². The summed E-state index contributed by atoms with van der Waals surface area (Å²) in [5.41, 5.74) is 6.06. The van der Waals surface area contributed by atoms with Gasteiger partial charge in [-0.05, 0) is 24.6 Å². The number of rotatable bonds is 4. The van der Waals surface area contributed by atoms with Gasteiger partial charge < -0.3 is 16.3 Å². The van der Waals surface area contributed by atoms with Gasteiger partial charge in [0.15, 0.2) is 5.84 Å². The van der Waals surface area contributed by atoms with E-state index in [0.29, 0.717) is 12.1 Å². The fraction of sp³-hybridized carbons (Fsp3) is 0.300. The third-order valence-corrected chi connectivity index (χ3v) is 2.05. The Bertz CT molecular complexity index is 354. The number of amidine groups is 1. The predicted octanol–water partition coefficient (Wildman–Crippen LogP) is 1.76. The minimum absolute atomic E-state index is 0.0850. The number of nitrogens with one attached hydrogen (secondary N) is 1. The van der Waals surface area contributed by atoms with Crippen LogP contribution in [0, 0.1) is 5.82 Å². The number of nitrogens with two attached hydrogens (primary N) is 1. The average molecular weight is 211 g/mol. The molecule has 82 valence electrons. The van der Waals surface area contributed by atoms with E-state index < -0.39 is 0 Å². The van der Waals surface area contributed by atoms with Gasteiger partial charge in [-0.1, -0.05) is 18.1 Å². The fourth-order valence-electron chi connectivity index (χ4n) is 1.23. The summed E-state index contributed by atoms with van der Waals surface area (Å²) in [6, 6.07) is 5.73. The molecule has 5 heteroatoms. The van der Waals surface area contributed by atoms with Crippen molar-refractivity contribution in [2.24, 2.45) is 10.9 Å². The molecule has 0 aliphatic heterocycles. The summed E-state index contributed by atoms with van der Waals surface area (Å²) in [5.74, 6) is -0.240. The highest BCUT2D eigenvalue weighted by atomic mass is 19.1. The van der Waals surface area contributed by atoms with Crippen molar-refractivity contribution in [3.63, 3.8) is 0 Å². The van der Waals surface area contributed by atoms with Gasteiger partial charge in [-0.2, -0.15) is 0 Å². The molecule has 0 saturated carbocycles. The molecule has 0 aliphatic rings. The molecule has 1 rings (SSSR count). The maximum Gasteiger partial charge on any atom is 0.161 e. The van der Waals surface area contributed by atoms with Gasteiger partial charge in [-0.25, -0.2) is 4.39 Å². The first kappa shape index (κ1) is 11.3. The van der Waals surface area contributed by atoms with Crippen LogP contribution < -0.4 is 11.1 Å². The van der Waals surface area contributed by atoms with Crippen LogP contribution in [-0.2, 0) is 0 Å². The minimum Gasteiger partial charge on any atom is -0.409 e. The van der Waals surface area contributed by atoms with E-state index in [4.69, 9.17) is 10.9 Å². The molecule has 0 aliphatic carbocycles. The quantitative estimate of drug-likeness (QED) is 0.307. The van der Waals surface area contributed by atoms with Crippen molar-refractivity contribution in [3.05, 3.63) is 30.1 Å². The number of benzene rings is 1. The Hall–Kier alpha value is -1.78. The first-order chi connectivity index (χ1) is 7.17. The molecule has 15 heavy (non-hydrogen) atoms. The standard InChI is InChI=1S/C10H14FN3O/c1-2-9(10(12)14-15)13-8-5-3-4-7(11)6-8/h3-6,9,13,15H,2H2,1H3,(H2,12,14). The molecular weight excluding hydrogens is 197 g/mol. The van der Waals surface area contributed by atoms with Crippen molar-refractivity contribution < 1.29 is 9.60 Å². The van der Waals surface area contributed by atoms with Crippen molar-refractivity contribution in [2.75, 3.05) is 5.32 Å². The highest BCUT2D eigenvalue weighted by Crippen LogP contribution is 2.11. The second-order valence-electron chi connectivity index (χ2n) is 3.14. The zero-order chi connectivity index (χ0) is 11.3. The minimum atomic E-state index is -0.325. The van der Waals surface area contributed by atoms with Gasteiger partial charge in [-0.3, -0.25) is 0 Å². The van der Waals surface area contributed by atoms with Gasteiger partial charge in [0.05, 0.1) is 6.04 Å². The van der Waals surface area contributed by atoms with Crippen molar-refractivity contribution in [2.45, 2.75) is 19.4 Å². The van der Waals surface area contributed by atoms with Crippen LogP contribution in [0.25, 0.3) is 0 Å². The molecule has 0 spiro atoms.